The summed E-state index contributed by atoms with van der Waals surface area (Å²) in [6, 6.07) is 9.31. The van der Waals surface area contributed by atoms with Crippen molar-refractivity contribution in [1.82, 2.24) is 5.32 Å². The van der Waals surface area contributed by atoms with E-state index in [0.29, 0.717) is 0 Å². The second-order valence-electron chi connectivity index (χ2n) is 6.03. The molecule has 2 N–H and O–H groups in total. The number of carbonyl (C=O) groups is 2. The normalized spacial score (nSPS) is 18.2. The first-order valence-corrected chi connectivity index (χ1v) is 7.74. The van der Waals surface area contributed by atoms with Gasteiger partial charge in [-0.3, -0.25) is 0 Å². The number of carboxylic acids is 1. The Morgan fingerprint density at radius 2 is 1.86 bits per heavy atom. The third-order valence-corrected chi connectivity index (χ3v) is 4.44. The lowest BCUT2D eigenvalue weighted by atomic mass is 9.75. The van der Waals surface area contributed by atoms with E-state index < -0.39 is 17.6 Å². The first kappa shape index (κ1) is 16.3. The van der Waals surface area contributed by atoms with Crippen LogP contribution in [0.15, 0.2) is 30.3 Å². The number of hydrogen-bond donors (Lipinski definition) is 2. The molecule has 5 nitrogen and oxygen atoms in total. The molecule has 0 radical (unpaired) electrons. The number of benzene rings is 1. The van der Waals surface area contributed by atoms with Crippen molar-refractivity contribution < 1.29 is 19.4 Å². The van der Waals surface area contributed by atoms with Crippen LogP contribution < -0.4 is 5.32 Å². The molecule has 0 heterocycles. The zero-order chi connectivity index (χ0) is 16.0. The Morgan fingerprint density at radius 1 is 1.23 bits per heavy atom. The first-order chi connectivity index (χ1) is 10.5. The minimum absolute atomic E-state index is 0.0528. The molecule has 1 amide bonds. The summed E-state index contributed by atoms with van der Waals surface area (Å²) >= 11 is 0. The largest absolute Gasteiger partial charge is 0.480 e. The van der Waals surface area contributed by atoms with Crippen LogP contribution in [0.4, 0.5) is 4.79 Å². The molecule has 120 valence electrons. The number of ether oxygens (including phenoxy) is 1. The van der Waals surface area contributed by atoms with Crippen molar-refractivity contribution in [2.75, 3.05) is 0 Å². The average molecular weight is 305 g/mol. The van der Waals surface area contributed by atoms with Crippen LogP contribution in [0, 0.1) is 5.92 Å². The molecule has 1 aromatic rings. The quantitative estimate of drug-likeness (QED) is 0.875. The van der Waals surface area contributed by atoms with Crippen molar-refractivity contribution in [3.8, 4) is 0 Å². The maximum atomic E-state index is 12.0. The summed E-state index contributed by atoms with van der Waals surface area (Å²) in [5, 5.41) is 12.1. The highest BCUT2D eigenvalue weighted by atomic mass is 16.5. The first-order valence-electron chi connectivity index (χ1n) is 7.74. The van der Waals surface area contributed by atoms with E-state index in [9.17, 15) is 14.7 Å². The summed E-state index contributed by atoms with van der Waals surface area (Å²) in [7, 11) is 0. The Morgan fingerprint density at radius 3 is 2.45 bits per heavy atom. The van der Waals surface area contributed by atoms with E-state index in [1.54, 1.807) is 6.92 Å². The Labute approximate surface area is 130 Å². The van der Waals surface area contributed by atoms with Crippen LogP contribution in [0.25, 0.3) is 0 Å². The highest BCUT2D eigenvalue weighted by Gasteiger charge is 2.43. The number of carboxylic acid groups (broad SMARTS) is 1. The molecule has 1 aromatic carbocycles. The summed E-state index contributed by atoms with van der Waals surface area (Å²) < 4.78 is 5.15. The van der Waals surface area contributed by atoms with Crippen LogP contribution in [0.5, 0.6) is 0 Å². The maximum absolute atomic E-state index is 12.0. The molecule has 1 atom stereocenters. The number of nitrogens with one attached hydrogen (secondary N) is 1. The van der Waals surface area contributed by atoms with Crippen molar-refractivity contribution in [2.45, 2.75) is 51.2 Å². The fraction of sp³-hybridized carbons (Fsp3) is 0.529. The standard InChI is InChI=1S/C17H23NO4/c1-17(15(19)20,14-10-6-3-7-11-14)18-16(21)22-12-13-8-4-2-5-9-13/h2,4-5,8-9,14H,3,6-7,10-12H2,1H3,(H,18,21)(H,19,20)/t17-/m1/s1. The SMILES string of the molecule is C[C@](NC(=O)OCc1ccccc1)(C(=O)O)C1CCCCC1. The van der Waals surface area contributed by atoms with E-state index in [2.05, 4.69) is 5.32 Å². The van der Waals surface area contributed by atoms with Crippen molar-refractivity contribution in [3.05, 3.63) is 35.9 Å². The number of rotatable bonds is 5. The second kappa shape index (κ2) is 7.29. The summed E-state index contributed by atoms with van der Waals surface area (Å²) in [6.07, 6.45) is 4.11. The predicted molar refractivity (Wildman–Crippen MR) is 82.4 cm³/mol. The van der Waals surface area contributed by atoms with Gasteiger partial charge in [0.25, 0.3) is 0 Å². The summed E-state index contributed by atoms with van der Waals surface area (Å²) in [4.78, 5) is 23.6. The molecule has 22 heavy (non-hydrogen) atoms. The van der Waals surface area contributed by atoms with Crippen molar-refractivity contribution >= 4 is 12.1 Å². The highest BCUT2D eigenvalue weighted by Crippen LogP contribution is 2.33. The highest BCUT2D eigenvalue weighted by molar-refractivity contribution is 5.84. The van der Waals surface area contributed by atoms with E-state index >= 15 is 0 Å². The summed E-state index contributed by atoms with van der Waals surface area (Å²) in [5.41, 5.74) is -0.402. The van der Waals surface area contributed by atoms with Crippen LogP contribution in [0.1, 0.15) is 44.6 Å². The van der Waals surface area contributed by atoms with Gasteiger partial charge in [-0.1, -0.05) is 49.6 Å². The molecule has 0 unspecified atom stereocenters. The number of carbonyl (C=O) groups excluding carboxylic acids is 1. The zero-order valence-electron chi connectivity index (χ0n) is 12.9. The van der Waals surface area contributed by atoms with Gasteiger partial charge in [0.1, 0.15) is 12.1 Å². The smallest absolute Gasteiger partial charge is 0.408 e. The lowest BCUT2D eigenvalue weighted by Crippen LogP contribution is -2.57. The van der Waals surface area contributed by atoms with E-state index in [-0.39, 0.29) is 12.5 Å². The lowest BCUT2D eigenvalue weighted by Gasteiger charge is -2.36. The minimum Gasteiger partial charge on any atom is -0.480 e. The number of hydrogen-bond acceptors (Lipinski definition) is 3. The second-order valence-corrected chi connectivity index (χ2v) is 6.03. The predicted octanol–water partition coefficient (Wildman–Crippen LogP) is 3.34. The molecule has 0 saturated heterocycles. The molecule has 0 spiro atoms. The molecule has 0 aliphatic heterocycles. The van der Waals surface area contributed by atoms with Gasteiger partial charge in [-0.05, 0) is 31.2 Å². The van der Waals surface area contributed by atoms with Gasteiger partial charge in [-0.25, -0.2) is 9.59 Å². The topological polar surface area (TPSA) is 75.6 Å². The van der Waals surface area contributed by atoms with Gasteiger partial charge in [0, 0.05) is 0 Å². The van der Waals surface area contributed by atoms with Crippen LogP contribution >= 0.6 is 0 Å². The van der Waals surface area contributed by atoms with Crippen LogP contribution in [-0.4, -0.2) is 22.7 Å². The van der Waals surface area contributed by atoms with Crippen LogP contribution in [-0.2, 0) is 16.1 Å². The summed E-state index contributed by atoms with van der Waals surface area (Å²) in [6.45, 7) is 1.71. The van der Waals surface area contributed by atoms with Crippen LogP contribution in [0.2, 0.25) is 0 Å². The van der Waals surface area contributed by atoms with E-state index in [4.69, 9.17) is 4.74 Å². The number of amides is 1. The lowest BCUT2D eigenvalue weighted by molar-refractivity contribution is -0.147. The Hall–Kier alpha value is -2.04. The van der Waals surface area contributed by atoms with Gasteiger partial charge in [0.05, 0.1) is 0 Å². The fourth-order valence-corrected chi connectivity index (χ4v) is 2.98. The Kier molecular flexibility index (Phi) is 5.41. The molecular weight excluding hydrogens is 282 g/mol. The molecule has 1 aliphatic rings. The average Bonchev–Trinajstić information content (AvgIpc) is 2.54. The van der Waals surface area contributed by atoms with Gasteiger partial charge in [0.2, 0.25) is 0 Å². The Balaban J connectivity index is 1.95. The van der Waals surface area contributed by atoms with Gasteiger partial charge in [-0.2, -0.15) is 0 Å². The molecule has 0 bridgehead atoms. The van der Waals surface area contributed by atoms with Crippen LogP contribution in [0.3, 0.4) is 0 Å². The Bertz CT molecular complexity index is 511. The molecule has 1 saturated carbocycles. The van der Waals surface area contributed by atoms with E-state index in [1.165, 1.54) is 0 Å². The van der Waals surface area contributed by atoms with Crippen molar-refractivity contribution in [2.24, 2.45) is 5.92 Å². The third kappa shape index (κ3) is 4.00. The zero-order valence-corrected chi connectivity index (χ0v) is 12.9. The van der Waals surface area contributed by atoms with Crippen molar-refractivity contribution in [1.29, 1.82) is 0 Å². The van der Waals surface area contributed by atoms with Gasteiger partial charge >= 0.3 is 12.1 Å². The third-order valence-electron chi connectivity index (χ3n) is 4.44. The molecule has 1 aliphatic carbocycles. The molecular formula is C17H23NO4. The van der Waals surface area contributed by atoms with Gasteiger partial charge in [0.15, 0.2) is 0 Å². The molecule has 0 aromatic heterocycles. The fourth-order valence-electron chi connectivity index (χ4n) is 2.98. The molecule has 2 rings (SSSR count). The summed E-state index contributed by atoms with van der Waals surface area (Å²) in [5.74, 6) is -1.06. The van der Waals surface area contributed by atoms with E-state index in [0.717, 1.165) is 37.7 Å². The molecule has 5 heteroatoms. The van der Waals surface area contributed by atoms with E-state index in [1.807, 2.05) is 30.3 Å². The van der Waals surface area contributed by atoms with Gasteiger partial charge in [-0.15, -0.1) is 0 Å². The number of aliphatic carboxylic acids is 1. The van der Waals surface area contributed by atoms with Crippen molar-refractivity contribution in [3.63, 3.8) is 0 Å². The number of alkyl carbamates (subject to hydrolysis) is 1. The van der Waals surface area contributed by atoms with Gasteiger partial charge < -0.3 is 15.2 Å². The minimum atomic E-state index is -1.27. The monoisotopic (exact) mass is 305 g/mol. The molecule has 1 fully saturated rings. The maximum Gasteiger partial charge on any atom is 0.408 e.